The van der Waals surface area contributed by atoms with Crippen molar-refractivity contribution in [3.05, 3.63) is 12.2 Å². The Kier molecular flexibility index (Phi) is 3.29. The molecule has 1 saturated carbocycles. The van der Waals surface area contributed by atoms with Gasteiger partial charge in [-0.1, -0.05) is 19.1 Å². The number of nitrogens with two attached hydrogens (primary N) is 1. The molecule has 0 amide bonds. The summed E-state index contributed by atoms with van der Waals surface area (Å²) in [5.41, 5.74) is 5.98. The van der Waals surface area contributed by atoms with Crippen LogP contribution in [0.15, 0.2) is 12.2 Å². The van der Waals surface area contributed by atoms with Crippen molar-refractivity contribution in [2.24, 2.45) is 5.73 Å². The van der Waals surface area contributed by atoms with Crippen molar-refractivity contribution in [3.8, 4) is 0 Å². The highest BCUT2D eigenvalue weighted by molar-refractivity contribution is 5.06. The first-order valence-corrected chi connectivity index (χ1v) is 4.81. The predicted octanol–water partition coefficient (Wildman–Crippen LogP) is 1.58. The van der Waals surface area contributed by atoms with Crippen LogP contribution in [-0.4, -0.2) is 16.7 Å². The smallest absolute Gasteiger partial charge is 0.0541 e. The fraction of sp³-hybridized carbons (Fsp3) is 0.800. The van der Waals surface area contributed by atoms with Crippen LogP contribution in [0.1, 0.15) is 39.0 Å². The van der Waals surface area contributed by atoms with E-state index in [1.165, 1.54) is 0 Å². The van der Waals surface area contributed by atoms with E-state index in [1.54, 1.807) is 0 Å². The van der Waals surface area contributed by atoms with E-state index >= 15 is 0 Å². The van der Waals surface area contributed by atoms with Gasteiger partial charge < -0.3 is 10.8 Å². The van der Waals surface area contributed by atoms with Crippen molar-refractivity contribution in [1.82, 2.24) is 0 Å². The first-order valence-electron chi connectivity index (χ1n) is 4.81. The maximum atomic E-state index is 9.29. The lowest BCUT2D eigenvalue weighted by molar-refractivity contribution is 0.109. The van der Waals surface area contributed by atoms with Gasteiger partial charge in [-0.15, -0.1) is 0 Å². The number of hydrogen-bond donors (Lipinski definition) is 2. The standard InChI is InChI=1S/C10H19NO/c1-2-3-6-10(11)7-4-9(12)5-8-10/h3,6,9,12H,2,4-5,7-8,11H2,1H3/b6-3+. The lowest BCUT2D eigenvalue weighted by Gasteiger charge is -2.32. The SMILES string of the molecule is CC/C=C/C1(N)CCC(O)CC1. The van der Waals surface area contributed by atoms with E-state index in [0.29, 0.717) is 0 Å². The fourth-order valence-corrected chi connectivity index (χ4v) is 1.66. The molecule has 3 N–H and O–H groups in total. The first kappa shape index (κ1) is 9.75. The summed E-state index contributed by atoms with van der Waals surface area (Å²) in [6.07, 6.45) is 8.71. The molecule has 1 aliphatic carbocycles. The Morgan fingerprint density at radius 3 is 2.58 bits per heavy atom. The zero-order valence-corrected chi connectivity index (χ0v) is 7.79. The summed E-state index contributed by atoms with van der Waals surface area (Å²) in [6, 6.07) is 0. The normalized spacial score (nSPS) is 37.4. The lowest BCUT2D eigenvalue weighted by Crippen LogP contribution is -2.42. The van der Waals surface area contributed by atoms with E-state index in [-0.39, 0.29) is 11.6 Å². The van der Waals surface area contributed by atoms with Crippen LogP contribution < -0.4 is 5.73 Å². The van der Waals surface area contributed by atoms with Crippen LogP contribution in [0.25, 0.3) is 0 Å². The average molecular weight is 169 g/mol. The van der Waals surface area contributed by atoms with E-state index in [4.69, 9.17) is 5.73 Å². The second-order valence-electron chi connectivity index (χ2n) is 3.77. The summed E-state index contributed by atoms with van der Waals surface area (Å²) < 4.78 is 0. The molecule has 0 aliphatic heterocycles. The molecule has 0 unspecified atom stereocenters. The third-order valence-electron chi connectivity index (χ3n) is 2.57. The van der Waals surface area contributed by atoms with Gasteiger partial charge in [-0.2, -0.15) is 0 Å². The van der Waals surface area contributed by atoms with Crippen LogP contribution in [0, 0.1) is 0 Å². The highest BCUT2D eigenvalue weighted by atomic mass is 16.3. The molecule has 0 aromatic heterocycles. The Morgan fingerprint density at radius 1 is 1.50 bits per heavy atom. The summed E-state index contributed by atoms with van der Waals surface area (Å²) in [4.78, 5) is 0. The molecular formula is C10H19NO. The van der Waals surface area contributed by atoms with Crippen LogP contribution in [0.2, 0.25) is 0 Å². The van der Waals surface area contributed by atoms with Crippen LogP contribution in [0.5, 0.6) is 0 Å². The molecule has 1 rings (SSSR count). The summed E-state index contributed by atoms with van der Waals surface area (Å²) >= 11 is 0. The van der Waals surface area contributed by atoms with Gasteiger partial charge in [0, 0.05) is 5.54 Å². The molecule has 0 aromatic carbocycles. The van der Waals surface area contributed by atoms with Gasteiger partial charge in [0.25, 0.3) is 0 Å². The second kappa shape index (κ2) is 4.06. The molecule has 2 heteroatoms. The topological polar surface area (TPSA) is 46.2 Å². The summed E-state index contributed by atoms with van der Waals surface area (Å²) in [7, 11) is 0. The Hall–Kier alpha value is -0.340. The zero-order valence-electron chi connectivity index (χ0n) is 7.79. The third-order valence-corrected chi connectivity index (χ3v) is 2.57. The van der Waals surface area contributed by atoms with Crippen LogP contribution >= 0.6 is 0 Å². The summed E-state index contributed by atoms with van der Waals surface area (Å²) in [5.74, 6) is 0. The Balaban J connectivity index is 2.44. The van der Waals surface area contributed by atoms with Crippen molar-refractivity contribution >= 4 is 0 Å². The van der Waals surface area contributed by atoms with E-state index < -0.39 is 0 Å². The fourth-order valence-electron chi connectivity index (χ4n) is 1.66. The third kappa shape index (κ3) is 2.61. The molecule has 0 radical (unpaired) electrons. The van der Waals surface area contributed by atoms with Gasteiger partial charge >= 0.3 is 0 Å². The van der Waals surface area contributed by atoms with Gasteiger partial charge in [-0.05, 0) is 32.1 Å². The van der Waals surface area contributed by atoms with Crippen molar-refractivity contribution < 1.29 is 5.11 Å². The minimum Gasteiger partial charge on any atom is -0.393 e. The molecule has 0 saturated heterocycles. The van der Waals surface area contributed by atoms with Crippen LogP contribution in [0.3, 0.4) is 0 Å². The van der Waals surface area contributed by atoms with Gasteiger partial charge in [-0.3, -0.25) is 0 Å². The monoisotopic (exact) mass is 169 g/mol. The first-order chi connectivity index (χ1) is 5.66. The molecule has 2 nitrogen and oxygen atoms in total. The molecule has 0 aromatic rings. The number of aliphatic hydroxyl groups excluding tert-OH is 1. The Bertz CT molecular complexity index is 157. The van der Waals surface area contributed by atoms with E-state index in [1.807, 2.05) is 0 Å². The van der Waals surface area contributed by atoms with Gasteiger partial charge in [0.05, 0.1) is 6.10 Å². The molecular weight excluding hydrogens is 150 g/mol. The highest BCUT2D eigenvalue weighted by Gasteiger charge is 2.27. The maximum absolute atomic E-state index is 9.29. The van der Waals surface area contributed by atoms with Crippen molar-refractivity contribution in [3.63, 3.8) is 0 Å². The van der Waals surface area contributed by atoms with Crippen molar-refractivity contribution in [2.45, 2.75) is 50.7 Å². The second-order valence-corrected chi connectivity index (χ2v) is 3.77. The van der Waals surface area contributed by atoms with Crippen molar-refractivity contribution in [1.29, 1.82) is 0 Å². The number of hydrogen-bond acceptors (Lipinski definition) is 2. The van der Waals surface area contributed by atoms with Gasteiger partial charge in [0.15, 0.2) is 0 Å². The maximum Gasteiger partial charge on any atom is 0.0541 e. The van der Waals surface area contributed by atoms with E-state index in [2.05, 4.69) is 19.1 Å². The van der Waals surface area contributed by atoms with Crippen molar-refractivity contribution in [2.75, 3.05) is 0 Å². The van der Waals surface area contributed by atoms with Crippen LogP contribution in [0.4, 0.5) is 0 Å². The van der Waals surface area contributed by atoms with Gasteiger partial charge in [-0.25, -0.2) is 0 Å². The van der Waals surface area contributed by atoms with E-state index in [0.717, 1.165) is 32.1 Å². The molecule has 12 heavy (non-hydrogen) atoms. The minimum absolute atomic E-state index is 0.114. The molecule has 70 valence electrons. The van der Waals surface area contributed by atoms with E-state index in [9.17, 15) is 5.11 Å². The molecule has 0 spiro atoms. The van der Waals surface area contributed by atoms with Gasteiger partial charge in [0.2, 0.25) is 0 Å². The number of rotatable bonds is 2. The lowest BCUT2D eigenvalue weighted by atomic mass is 9.81. The quantitative estimate of drug-likeness (QED) is 0.616. The Labute approximate surface area is 74.5 Å². The molecule has 1 fully saturated rings. The largest absolute Gasteiger partial charge is 0.393 e. The Morgan fingerprint density at radius 2 is 2.08 bits per heavy atom. The minimum atomic E-state index is -0.130. The molecule has 0 heterocycles. The molecule has 0 atom stereocenters. The number of aliphatic hydroxyl groups is 1. The van der Waals surface area contributed by atoms with Gasteiger partial charge in [0.1, 0.15) is 0 Å². The zero-order chi connectivity index (χ0) is 9.03. The molecule has 1 aliphatic rings. The predicted molar refractivity (Wildman–Crippen MR) is 50.8 cm³/mol. The summed E-state index contributed by atoms with van der Waals surface area (Å²) in [5, 5.41) is 9.29. The average Bonchev–Trinajstić information content (AvgIpc) is 2.08. The number of allylic oxidation sites excluding steroid dienone is 1. The highest BCUT2D eigenvalue weighted by Crippen LogP contribution is 2.27. The van der Waals surface area contributed by atoms with Crippen LogP contribution in [-0.2, 0) is 0 Å². The summed E-state index contributed by atoms with van der Waals surface area (Å²) in [6.45, 7) is 2.11. The molecule has 0 bridgehead atoms.